The summed E-state index contributed by atoms with van der Waals surface area (Å²) in [4.78, 5) is 28.0. The average Bonchev–Trinajstić information content (AvgIpc) is 3.21. The standard InChI is InChI=1S/C30H36F6N2O2/c1-25-12-10-22-26(2,14-15-28(4)27(22,3)13-11-23(39)38(28)5)21(25)9-8-19(25)24(40)37-20-16-17(29(31,32)33)6-7-18(20)30(34,35)36/h6-7,11,13,16,19,21-22H,8-10,12,14-15H2,1-5H3,(H,37,40)/t19-,21?,22?,25-,26+,27-,28-/m1/s1. The van der Waals surface area contributed by atoms with Crippen LogP contribution in [0.5, 0.6) is 0 Å². The van der Waals surface area contributed by atoms with Crippen LogP contribution in [0.15, 0.2) is 30.4 Å². The lowest BCUT2D eigenvalue weighted by molar-refractivity contribution is -0.181. The van der Waals surface area contributed by atoms with E-state index >= 15 is 0 Å². The van der Waals surface area contributed by atoms with E-state index in [1.54, 1.807) is 6.08 Å². The first-order chi connectivity index (χ1) is 18.3. The van der Waals surface area contributed by atoms with Crippen molar-refractivity contribution in [3.05, 3.63) is 41.5 Å². The summed E-state index contributed by atoms with van der Waals surface area (Å²) in [6, 6.07) is 1.14. The van der Waals surface area contributed by atoms with E-state index in [-0.39, 0.29) is 34.1 Å². The molecule has 0 aromatic heterocycles. The van der Waals surface area contributed by atoms with Gasteiger partial charge < -0.3 is 10.2 Å². The maximum absolute atomic E-state index is 13.7. The molecule has 7 atom stereocenters. The molecule has 40 heavy (non-hydrogen) atoms. The summed E-state index contributed by atoms with van der Waals surface area (Å²) < 4.78 is 81.0. The van der Waals surface area contributed by atoms with E-state index in [1.807, 2.05) is 18.9 Å². The van der Waals surface area contributed by atoms with Crippen LogP contribution in [0.3, 0.4) is 0 Å². The van der Waals surface area contributed by atoms with Crippen LogP contribution in [0.4, 0.5) is 32.0 Å². The Labute approximate surface area is 230 Å². The summed E-state index contributed by atoms with van der Waals surface area (Å²) in [5, 5.41) is 2.27. The average molecular weight is 571 g/mol. The molecule has 3 fully saturated rings. The molecule has 1 aliphatic heterocycles. The molecule has 1 N–H and O–H groups in total. The number of nitrogens with zero attached hydrogens (tertiary/aromatic N) is 1. The quantitative estimate of drug-likeness (QED) is 0.371. The van der Waals surface area contributed by atoms with Crippen molar-refractivity contribution < 1.29 is 35.9 Å². The van der Waals surface area contributed by atoms with E-state index in [0.29, 0.717) is 37.5 Å². The Kier molecular flexibility index (Phi) is 6.34. The van der Waals surface area contributed by atoms with Gasteiger partial charge in [-0.05, 0) is 92.4 Å². The zero-order chi connectivity index (χ0) is 29.7. The molecule has 0 bridgehead atoms. The largest absolute Gasteiger partial charge is 0.418 e. The summed E-state index contributed by atoms with van der Waals surface area (Å²) in [5.41, 5.74) is -4.74. The number of alkyl halides is 6. The maximum atomic E-state index is 13.7. The van der Waals surface area contributed by atoms with Crippen LogP contribution in [0.2, 0.25) is 0 Å². The fourth-order valence-electron chi connectivity index (χ4n) is 9.33. The van der Waals surface area contributed by atoms with Gasteiger partial charge in [-0.1, -0.05) is 26.8 Å². The van der Waals surface area contributed by atoms with E-state index in [0.717, 1.165) is 19.3 Å². The van der Waals surface area contributed by atoms with Gasteiger partial charge in [0.2, 0.25) is 11.8 Å². The van der Waals surface area contributed by atoms with Crippen molar-refractivity contribution >= 4 is 17.5 Å². The molecule has 4 nitrogen and oxygen atoms in total. The highest BCUT2D eigenvalue weighted by molar-refractivity contribution is 5.94. The van der Waals surface area contributed by atoms with Crippen molar-refractivity contribution in [2.75, 3.05) is 12.4 Å². The van der Waals surface area contributed by atoms with Crippen LogP contribution < -0.4 is 5.32 Å². The highest BCUT2D eigenvalue weighted by Crippen LogP contribution is 2.72. The Morgan fingerprint density at radius 1 is 0.900 bits per heavy atom. The number of hydrogen-bond donors (Lipinski definition) is 1. The van der Waals surface area contributed by atoms with Gasteiger partial charge in [0.05, 0.1) is 16.8 Å². The third kappa shape index (κ3) is 3.94. The predicted octanol–water partition coefficient (Wildman–Crippen LogP) is 7.70. The van der Waals surface area contributed by atoms with Crippen molar-refractivity contribution in [2.45, 2.75) is 84.1 Å². The number of carbonyl (C=O) groups excluding carboxylic acids is 2. The number of fused-ring (bicyclic) bond motifs is 5. The SMILES string of the molecule is CN1C(=O)C=C[C@]2(C)C3CC[C@@]4(C)C(CC[C@@H]4C(=O)Nc4cc(C(F)(F)F)ccc4C(F)(F)F)[C@]3(C)CC[C@@]12C. The van der Waals surface area contributed by atoms with Gasteiger partial charge in [-0.25, -0.2) is 0 Å². The molecular weight excluding hydrogens is 534 g/mol. The number of benzene rings is 1. The number of nitrogens with one attached hydrogen (secondary N) is 1. The van der Waals surface area contributed by atoms with Crippen molar-refractivity contribution in [2.24, 2.45) is 34.0 Å². The van der Waals surface area contributed by atoms with Crippen molar-refractivity contribution in [1.82, 2.24) is 4.90 Å². The minimum atomic E-state index is -4.92. The third-order valence-electron chi connectivity index (χ3n) is 11.8. The smallest absolute Gasteiger partial charge is 0.336 e. The molecule has 1 heterocycles. The van der Waals surface area contributed by atoms with Crippen LogP contribution in [-0.4, -0.2) is 29.3 Å². The van der Waals surface area contributed by atoms with Crippen molar-refractivity contribution in [3.63, 3.8) is 0 Å². The highest BCUT2D eigenvalue weighted by Gasteiger charge is 2.68. The van der Waals surface area contributed by atoms with E-state index in [9.17, 15) is 35.9 Å². The third-order valence-corrected chi connectivity index (χ3v) is 11.8. The molecule has 220 valence electrons. The molecular formula is C30H36F6N2O2. The van der Waals surface area contributed by atoms with Crippen molar-refractivity contribution in [1.29, 1.82) is 0 Å². The molecule has 10 heteroatoms. The van der Waals surface area contributed by atoms with Gasteiger partial charge in [0.15, 0.2) is 0 Å². The lowest BCUT2D eigenvalue weighted by Crippen LogP contribution is -2.69. The number of rotatable bonds is 2. The van der Waals surface area contributed by atoms with Gasteiger partial charge in [-0.15, -0.1) is 0 Å². The molecule has 0 spiro atoms. The summed E-state index contributed by atoms with van der Waals surface area (Å²) >= 11 is 0. The number of halogens is 6. The molecule has 2 amide bonds. The molecule has 2 unspecified atom stereocenters. The molecule has 5 rings (SSSR count). The van der Waals surface area contributed by atoms with Crippen LogP contribution >= 0.6 is 0 Å². The Balaban J connectivity index is 1.45. The molecule has 1 aromatic carbocycles. The molecule has 1 aromatic rings. The van der Waals surface area contributed by atoms with E-state index in [1.165, 1.54) is 0 Å². The zero-order valence-electron chi connectivity index (χ0n) is 23.4. The molecule has 3 aliphatic carbocycles. The first kappa shape index (κ1) is 29.0. The van der Waals surface area contributed by atoms with Gasteiger partial charge in [0.1, 0.15) is 0 Å². The Morgan fingerprint density at radius 2 is 1.57 bits per heavy atom. The zero-order valence-corrected chi connectivity index (χ0v) is 23.4. The van der Waals surface area contributed by atoms with Gasteiger partial charge >= 0.3 is 12.4 Å². The number of hydrogen-bond acceptors (Lipinski definition) is 2. The number of amides is 2. The topological polar surface area (TPSA) is 49.4 Å². The van der Waals surface area contributed by atoms with Crippen LogP contribution in [0, 0.1) is 34.0 Å². The fourth-order valence-corrected chi connectivity index (χ4v) is 9.33. The lowest BCUT2D eigenvalue weighted by atomic mass is 9.39. The fraction of sp³-hybridized carbons (Fsp3) is 0.667. The van der Waals surface area contributed by atoms with Crippen LogP contribution in [-0.2, 0) is 21.9 Å². The second-order valence-electron chi connectivity index (χ2n) is 13.3. The maximum Gasteiger partial charge on any atom is 0.418 e. The normalized spacial score (nSPS) is 39.4. The van der Waals surface area contributed by atoms with E-state index < -0.39 is 46.4 Å². The lowest BCUT2D eigenvalue weighted by Gasteiger charge is -2.68. The summed E-state index contributed by atoms with van der Waals surface area (Å²) in [7, 11) is 1.85. The highest BCUT2D eigenvalue weighted by atomic mass is 19.4. The summed E-state index contributed by atoms with van der Waals surface area (Å²) in [6.07, 6.45) is -1.82. The van der Waals surface area contributed by atoms with Gasteiger partial charge in [0.25, 0.3) is 0 Å². The predicted molar refractivity (Wildman–Crippen MR) is 138 cm³/mol. The Hall–Kier alpha value is -2.52. The van der Waals surface area contributed by atoms with E-state index in [4.69, 9.17) is 0 Å². The molecule has 3 saturated carbocycles. The minimum absolute atomic E-state index is 0.0188. The number of carbonyl (C=O) groups is 2. The van der Waals surface area contributed by atoms with Crippen LogP contribution in [0.1, 0.15) is 77.3 Å². The number of likely N-dealkylation sites (N-methyl/N-ethyl adjacent to an activating group) is 1. The number of anilines is 1. The monoisotopic (exact) mass is 570 g/mol. The molecule has 4 aliphatic rings. The molecule has 0 radical (unpaired) electrons. The van der Waals surface area contributed by atoms with Gasteiger partial charge in [-0.3, -0.25) is 9.59 Å². The Bertz CT molecular complexity index is 1270. The minimum Gasteiger partial charge on any atom is -0.336 e. The summed E-state index contributed by atoms with van der Waals surface area (Å²) in [5.74, 6) is -0.971. The summed E-state index contributed by atoms with van der Waals surface area (Å²) in [6.45, 7) is 8.63. The first-order valence-corrected chi connectivity index (χ1v) is 13.9. The molecule has 0 saturated heterocycles. The first-order valence-electron chi connectivity index (χ1n) is 13.9. The Morgan fingerprint density at radius 3 is 2.20 bits per heavy atom. The second kappa shape index (κ2) is 8.74. The van der Waals surface area contributed by atoms with Gasteiger partial charge in [-0.2, -0.15) is 26.3 Å². The van der Waals surface area contributed by atoms with Gasteiger partial charge in [0, 0.05) is 23.9 Å². The van der Waals surface area contributed by atoms with Crippen molar-refractivity contribution in [3.8, 4) is 0 Å². The second-order valence-corrected chi connectivity index (χ2v) is 13.3. The van der Waals surface area contributed by atoms with Crippen LogP contribution in [0.25, 0.3) is 0 Å². The van der Waals surface area contributed by atoms with E-state index in [2.05, 4.69) is 32.2 Å².